The van der Waals surface area contributed by atoms with Gasteiger partial charge < -0.3 is 0 Å². The van der Waals surface area contributed by atoms with Crippen molar-refractivity contribution in [3.05, 3.63) is 70.3 Å². The van der Waals surface area contributed by atoms with Crippen molar-refractivity contribution < 1.29 is 8.78 Å². The first-order chi connectivity index (χ1) is 15.1. The van der Waals surface area contributed by atoms with E-state index in [2.05, 4.69) is 37.5 Å². The summed E-state index contributed by atoms with van der Waals surface area (Å²) in [5.41, 5.74) is 2.61. The molecule has 0 nitrogen and oxygen atoms in total. The predicted molar refractivity (Wildman–Crippen MR) is 125 cm³/mol. The highest BCUT2D eigenvalue weighted by molar-refractivity contribution is 5.45. The first-order valence-electron chi connectivity index (χ1n) is 11.7. The molecule has 0 aromatic heterocycles. The van der Waals surface area contributed by atoms with Crippen LogP contribution in [0.1, 0.15) is 93.4 Å². The van der Waals surface area contributed by atoms with Crippen LogP contribution < -0.4 is 0 Å². The fraction of sp³-hybridized carbons (Fsp3) is 0.448. The van der Waals surface area contributed by atoms with Crippen LogP contribution in [-0.2, 0) is 6.42 Å². The van der Waals surface area contributed by atoms with Crippen LogP contribution in [0.3, 0.4) is 0 Å². The molecule has 2 aromatic rings. The van der Waals surface area contributed by atoms with Crippen LogP contribution in [0.15, 0.2) is 36.4 Å². The van der Waals surface area contributed by atoms with Gasteiger partial charge in [0, 0.05) is 29.5 Å². The monoisotopic (exact) mass is 418 g/mol. The van der Waals surface area contributed by atoms with Crippen molar-refractivity contribution >= 4 is 0 Å². The standard InChI is InChI=1S/C29H32F2/c1-3-5-6-7-9-23-10-12-24(13-11-23)14-15-25-20-27(30)29(28(31)21-25)26-18-16-22(8-4-2)17-19-26/h10-13,20-22,26H,3-5,8-9,16-19H2,1-2H3. The van der Waals surface area contributed by atoms with Crippen LogP contribution in [0.5, 0.6) is 0 Å². The maximum absolute atomic E-state index is 14.8. The van der Waals surface area contributed by atoms with Crippen molar-refractivity contribution in [2.45, 2.75) is 77.6 Å². The summed E-state index contributed by atoms with van der Waals surface area (Å²) < 4.78 is 29.5. The fourth-order valence-corrected chi connectivity index (χ4v) is 4.42. The second-order valence-electron chi connectivity index (χ2n) is 8.59. The first kappa shape index (κ1) is 23.1. The van der Waals surface area contributed by atoms with Crippen LogP contribution in [0.25, 0.3) is 0 Å². The molecular formula is C29H32F2. The molecule has 1 aliphatic rings. The molecule has 0 spiro atoms. The summed E-state index contributed by atoms with van der Waals surface area (Å²) in [6.45, 7) is 4.31. The van der Waals surface area contributed by atoms with E-state index < -0.39 is 11.6 Å². The number of unbranched alkanes of at least 4 members (excludes halogenated alkanes) is 1. The average Bonchev–Trinajstić information content (AvgIpc) is 2.77. The lowest BCUT2D eigenvalue weighted by molar-refractivity contribution is 0.300. The number of hydrogen-bond donors (Lipinski definition) is 0. The second-order valence-corrected chi connectivity index (χ2v) is 8.59. The Hall–Kier alpha value is -2.58. The van der Waals surface area contributed by atoms with E-state index in [9.17, 15) is 8.78 Å². The molecule has 0 radical (unpaired) electrons. The van der Waals surface area contributed by atoms with Gasteiger partial charge in [-0.05, 0) is 73.8 Å². The normalized spacial score (nSPS) is 17.9. The zero-order valence-corrected chi connectivity index (χ0v) is 18.7. The summed E-state index contributed by atoms with van der Waals surface area (Å²) in [6.07, 6.45) is 9.02. The number of halogens is 2. The van der Waals surface area contributed by atoms with Crippen LogP contribution in [0, 0.1) is 41.2 Å². The molecule has 3 rings (SSSR count). The molecule has 0 aliphatic heterocycles. The third kappa shape index (κ3) is 6.70. The molecule has 2 heteroatoms. The lowest BCUT2D eigenvalue weighted by atomic mass is 9.77. The minimum atomic E-state index is -0.454. The van der Waals surface area contributed by atoms with Gasteiger partial charge >= 0.3 is 0 Å². The van der Waals surface area contributed by atoms with Crippen molar-refractivity contribution in [2.24, 2.45) is 5.92 Å². The maximum Gasteiger partial charge on any atom is 0.130 e. The van der Waals surface area contributed by atoms with Gasteiger partial charge in [0.25, 0.3) is 0 Å². The Morgan fingerprint density at radius 1 is 0.806 bits per heavy atom. The van der Waals surface area contributed by atoms with E-state index in [4.69, 9.17) is 0 Å². The van der Waals surface area contributed by atoms with E-state index in [-0.39, 0.29) is 11.5 Å². The summed E-state index contributed by atoms with van der Waals surface area (Å²) in [7, 11) is 0. The SMILES string of the molecule is CCCC#CCc1ccc(C#Cc2cc(F)c(C3CCC(CCC)CC3)c(F)c2)cc1. The number of benzene rings is 2. The minimum Gasteiger partial charge on any atom is -0.207 e. The first-order valence-corrected chi connectivity index (χ1v) is 11.7. The zero-order valence-electron chi connectivity index (χ0n) is 18.7. The van der Waals surface area contributed by atoms with Crippen molar-refractivity contribution in [3.8, 4) is 23.7 Å². The Kier molecular flexibility index (Phi) is 8.73. The Morgan fingerprint density at radius 2 is 1.45 bits per heavy atom. The lowest BCUT2D eigenvalue weighted by Gasteiger charge is -2.29. The molecule has 2 aromatic carbocycles. The van der Waals surface area contributed by atoms with Gasteiger partial charge in [-0.2, -0.15) is 0 Å². The smallest absolute Gasteiger partial charge is 0.130 e. The molecule has 1 saturated carbocycles. The van der Waals surface area contributed by atoms with Crippen LogP contribution in [-0.4, -0.2) is 0 Å². The third-order valence-electron chi connectivity index (χ3n) is 6.13. The molecule has 0 atom stereocenters. The highest BCUT2D eigenvalue weighted by atomic mass is 19.1. The van der Waals surface area contributed by atoms with Gasteiger partial charge in [0.05, 0.1) is 0 Å². The maximum atomic E-state index is 14.8. The topological polar surface area (TPSA) is 0 Å². The molecule has 31 heavy (non-hydrogen) atoms. The van der Waals surface area contributed by atoms with Gasteiger partial charge in [-0.1, -0.05) is 56.6 Å². The van der Waals surface area contributed by atoms with Crippen molar-refractivity contribution in [1.29, 1.82) is 0 Å². The summed E-state index contributed by atoms with van der Waals surface area (Å²) in [6, 6.07) is 10.6. The molecule has 0 N–H and O–H groups in total. The molecule has 162 valence electrons. The highest BCUT2D eigenvalue weighted by Gasteiger charge is 2.26. The predicted octanol–water partition coefficient (Wildman–Crippen LogP) is 7.78. The molecular weight excluding hydrogens is 386 g/mol. The quantitative estimate of drug-likeness (QED) is 0.435. The van der Waals surface area contributed by atoms with Gasteiger partial charge in [-0.3, -0.25) is 0 Å². The van der Waals surface area contributed by atoms with E-state index >= 15 is 0 Å². The lowest BCUT2D eigenvalue weighted by Crippen LogP contribution is -2.15. The molecule has 0 heterocycles. The fourth-order valence-electron chi connectivity index (χ4n) is 4.42. The zero-order chi connectivity index (χ0) is 22.1. The van der Waals surface area contributed by atoms with E-state index in [0.717, 1.165) is 56.1 Å². The van der Waals surface area contributed by atoms with Gasteiger partial charge in [-0.25, -0.2) is 8.78 Å². The minimum absolute atomic E-state index is 0.0110. The Balaban J connectivity index is 1.66. The highest BCUT2D eigenvalue weighted by Crippen LogP contribution is 2.39. The van der Waals surface area contributed by atoms with Crippen LogP contribution in [0.2, 0.25) is 0 Å². The van der Waals surface area contributed by atoms with Crippen LogP contribution >= 0.6 is 0 Å². The van der Waals surface area contributed by atoms with E-state index in [1.165, 1.54) is 25.0 Å². The average molecular weight is 419 g/mol. The molecule has 1 fully saturated rings. The number of hydrogen-bond acceptors (Lipinski definition) is 0. The molecule has 1 aliphatic carbocycles. The number of rotatable bonds is 5. The van der Waals surface area contributed by atoms with Gasteiger partial charge in [-0.15, -0.1) is 5.92 Å². The third-order valence-corrected chi connectivity index (χ3v) is 6.13. The summed E-state index contributed by atoms with van der Waals surface area (Å²) >= 11 is 0. The Labute approximate surface area is 186 Å². The van der Waals surface area contributed by atoms with Crippen molar-refractivity contribution in [2.75, 3.05) is 0 Å². The summed E-state index contributed by atoms with van der Waals surface area (Å²) in [5.74, 6) is 12.0. The molecule has 0 saturated heterocycles. The van der Waals surface area contributed by atoms with Gasteiger partial charge in [0.15, 0.2) is 0 Å². The second kappa shape index (κ2) is 11.7. The van der Waals surface area contributed by atoms with Gasteiger partial charge in [0.1, 0.15) is 11.6 Å². The van der Waals surface area contributed by atoms with Crippen molar-refractivity contribution in [1.82, 2.24) is 0 Å². The van der Waals surface area contributed by atoms with E-state index in [1.54, 1.807) is 0 Å². The Morgan fingerprint density at radius 3 is 2.06 bits per heavy atom. The van der Waals surface area contributed by atoms with E-state index in [0.29, 0.717) is 11.5 Å². The summed E-state index contributed by atoms with van der Waals surface area (Å²) in [5, 5.41) is 0. The molecule has 0 bridgehead atoms. The van der Waals surface area contributed by atoms with E-state index in [1.807, 2.05) is 24.3 Å². The summed E-state index contributed by atoms with van der Waals surface area (Å²) in [4.78, 5) is 0. The molecule has 0 amide bonds. The van der Waals surface area contributed by atoms with Crippen LogP contribution in [0.4, 0.5) is 8.78 Å². The van der Waals surface area contributed by atoms with Crippen molar-refractivity contribution in [3.63, 3.8) is 0 Å². The Bertz CT molecular complexity index is 948. The molecule has 0 unspecified atom stereocenters. The van der Waals surface area contributed by atoms with Gasteiger partial charge in [0.2, 0.25) is 0 Å². The largest absolute Gasteiger partial charge is 0.207 e.